The highest BCUT2D eigenvalue weighted by atomic mass is 16.2. The lowest BCUT2D eigenvalue weighted by atomic mass is 10.2. The molecule has 21 heavy (non-hydrogen) atoms. The largest absolute Gasteiger partial charge is 0.356 e. The molecule has 1 aromatic carbocycles. The van der Waals surface area contributed by atoms with Crippen LogP contribution in [0.5, 0.6) is 0 Å². The lowest BCUT2D eigenvalue weighted by Crippen LogP contribution is -2.43. The molecule has 0 radical (unpaired) electrons. The number of likely N-dealkylation sites (N-methyl/N-ethyl adjacent to an activating group) is 1. The van der Waals surface area contributed by atoms with E-state index >= 15 is 0 Å². The van der Waals surface area contributed by atoms with E-state index < -0.39 is 0 Å². The zero-order chi connectivity index (χ0) is 15.1. The fraction of sp³-hybridized carbons (Fsp3) is 0.500. The molecule has 1 aliphatic rings. The second-order valence-electron chi connectivity index (χ2n) is 5.62. The van der Waals surface area contributed by atoms with E-state index in [0.717, 1.165) is 18.0 Å². The van der Waals surface area contributed by atoms with Gasteiger partial charge in [-0.15, -0.1) is 0 Å². The summed E-state index contributed by atoms with van der Waals surface area (Å²) in [5.74, 6) is 1.51. The molecule has 1 aliphatic carbocycles. The van der Waals surface area contributed by atoms with Crippen LogP contribution in [0.4, 0.5) is 0 Å². The van der Waals surface area contributed by atoms with Crippen molar-refractivity contribution >= 4 is 11.9 Å². The van der Waals surface area contributed by atoms with Gasteiger partial charge in [0, 0.05) is 20.6 Å². The number of aliphatic imine (C=N–C) groups is 1. The maximum Gasteiger partial charge on any atom is 0.241 e. The molecule has 0 saturated heterocycles. The quantitative estimate of drug-likeness (QED) is 0.611. The third kappa shape index (κ3) is 5.85. The molecule has 2 rings (SSSR count). The second kappa shape index (κ2) is 7.67. The fourth-order valence-electron chi connectivity index (χ4n) is 1.81. The van der Waals surface area contributed by atoms with Gasteiger partial charge in [0.1, 0.15) is 0 Å². The van der Waals surface area contributed by atoms with Crippen molar-refractivity contribution in [2.45, 2.75) is 19.4 Å². The zero-order valence-electron chi connectivity index (χ0n) is 12.8. The molecule has 1 fully saturated rings. The van der Waals surface area contributed by atoms with Gasteiger partial charge in [-0.2, -0.15) is 0 Å². The molecule has 0 aromatic heterocycles. The lowest BCUT2D eigenvalue weighted by molar-refractivity contribution is -0.127. The minimum Gasteiger partial charge on any atom is -0.356 e. The Morgan fingerprint density at radius 1 is 1.24 bits per heavy atom. The molecule has 1 saturated carbocycles. The molecule has 0 heterocycles. The van der Waals surface area contributed by atoms with Crippen molar-refractivity contribution in [1.82, 2.24) is 15.5 Å². The summed E-state index contributed by atoms with van der Waals surface area (Å²) in [6.07, 6.45) is 2.57. The van der Waals surface area contributed by atoms with Crippen LogP contribution in [0.25, 0.3) is 0 Å². The summed E-state index contributed by atoms with van der Waals surface area (Å²) >= 11 is 0. The van der Waals surface area contributed by atoms with Crippen LogP contribution in [-0.2, 0) is 11.3 Å². The maximum absolute atomic E-state index is 11.7. The number of rotatable bonds is 6. The summed E-state index contributed by atoms with van der Waals surface area (Å²) in [6, 6.07) is 10.1. The van der Waals surface area contributed by atoms with Crippen LogP contribution in [0.3, 0.4) is 0 Å². The molecular formula is C16H24N4O. The summed E-state index contributed by atoms with van der Waals surface area (Å²) in [4.78, 5) is 17.8. The van der Waals surface area contributed by atoms with Crippen LogP contribution >= 0.6 is 0 Å². The summed E-state index contributed by atoms with van der Waals surface area (Å²) in [7, 11) is 3.50. The smallest absolute Gasteiger partial charge is 0.241 e. The van der Waals surface area contributed by atoms with Gasteiger partial charge in [-0.25, -0.2) is 4.99 Å². The third-order valence-corrected chi connectivity index (χ3v) is 3.42. The van der Waals surface area contributed by atoms with E-state index in [1.165, 1.54) is 12.8 Å². The molecule has 2 N–H and O–H groups in total. The zero-order valence-corrected chi connectivity index (χ0v) is 12.8. The predicted molar refractivity (Wildman–Crippen MR) is 85.0 cm³/mol. The van der Waals surface area contributed by atoms with Gasteiger partial charge in [-0.3, -0.25) is 4.79 Å². The first-order chi connectivity index (χ1) is 10.1. The number of hydrogen-bond acceptors (Lipinski definition) is 2. The second-order valence-corrected chi connectivity index (χ2v) is 5.62. The Morgan fingerprint density at radius 3 is 2.57 bits per heavy atom. The van der Waals surface area contributed by atoms with E-state index in [4.69, 9.17) is 0 Å². The van der Waals surface area contributed by atoms with E-state index in [-0.39, 0.29) is 12.5 Å². The summed E-state index contributed by atoms with van der Waals surface area (Å²) in [5.41, 5.74) is 1.16. The average Bonchev–Trinajstić information content (AvgIpc) is 3.31. The molecule has 0 bridgehead atoms. The molecule has 0 atom stereocenters. The molecule has 1 amide bonds. The Kier molecular flexibility index (Phi) is 5.60. The number of nitrogens with zero attached hydrogens (tertiary/aromatic N) is 2. The normalized spacial score (nSPS) is 14.7. The Hall–Kier alpha value is -2.04. The minimum absolute atomic E-state index is 0.0376. The summed E-state index contributed by atoms with van der Waals surface area (Å²) < 4.78 is 0. The molecule has 0 unspecified atom stereocenters. The van der Waals surface area contributed by atoms with Crippen molar-refractivity contribution in [2.75, 3.05) is 27.2 Å². The predicted octanol–water partition coefficient (Wildman–Crippen LogP) is 1.22. The number of guanidine groups is 1. The van der Waals surface area contributed by atoms with Crippen molar-refractivity contribution < 1.29 is 4.79 Å². The first-order valence-corrected chi connectivity index (χ1v) is 7.41. The van der Waals surface area contributed by atoms with Gasteiger partial charge < -0.3 is 15.5 Å². The highest BCUT2D eigenvalue weighted by molar-refractivity contribution is 5.86. The van der Waals surface area contributed by atoms with E-state index in [0.29, 0.717) is 12.5 Å². The number of carbonyl (C=O) groups is 1. The van der Waals surface area contributed by atoms with Crippen molar-refractivity contribution in [2.24, 2.45) is 10.9 Å². The van der Waals surface area contributed by atoms with E-state index in [9.17, 15) is 4.79 Å². The van der Waals surface area contributed by atoms with Gasteiger partial charge in [0.05, 0.1) is 13.1 Å². The molecule has 114 valence electrons. The standard InChI is InChI=1S/C16H24N4O/c1-20(2)15(21)12-19-16(18-11-14-8-9-14)17-10-13-6-4-3-5-7-13/h3-7,14H,8-12H2,1-2H3,(H2,17,18,19). The summed E-state index contributed by atoms with van der Waals surface area (Å²) in [6.45, 7) is 1.80. The Bertz CT molecular complexity index is 480. The summed E-state index contributed by atoms with van der Waals surface area (Å²) in [5, 5.41) is 6.42. The van der Waals surface area contributed by atoms with Crippen LogP contribution in [0.2, 0.25) is 0 Å². The van der Waals surface area contributed by atoms with Gasteiger partial charge >= 0.3 is 0 Å². The van der Waals surface area contributed by atoms with Crippen molar-refractivity contribution in [3.8, 4) is 0 Å². The molecule has 5 heteroatoms. The number of amides is 1. The molecular weight excluding hydrogens is 264 g/mol. The van der Waals surface area contributed by atoms with Gasteiger partial charge in [-0.1, -0.05) is 30.3 Å². The average molecular weight is 288 g/mol. The van der Waals surface area contributed by atoms with Crippen LogP contribution in [0, 0.1) is 5.92 Å². The van der Waals surface area contributed by atoms with Gasteiger partial charge in [0.25, 0.3) is 0 Å². The van der Waals surface area contributed by atoms with E-state index in [2.05, 4.69) is 15.6 Å². The van der Waals surface area contributed by atoms with E-state index in [1.54, 1.807) is 19.0 Å². The highest BCUT2D eigenvalue weighted by Gasteiger charge is 2.21. The van der Waals surface area contributed by atoms with Gasteiger partial charge in [-0.05, 0) is 24.3 Å². The number of nitrogens with one attached hydrogen (secondary N) is 2. The van der Waals surface area contributed by atoms with Crippen LogP contribution in [0.15, 0.2) is 35.3 Å². The third-order valence-electron chi connectivity index (χ3n) is 3.42. The lowest BCUT2D eigenvalue weighted by Gasteiger charge is -2.14. The first-order valence-electron chi connectivity index (χ1n) is 7.41. The maximum atomic E-state index is 11.7. The molecule has 5 nitrogen and oxygen atoms in total. The monoisotopic (exact) mass is 288 g/mol. The van der Waals surface area contributed by atoms with Crippen molar-refractivity contribution in [3.05, 3.63) is 35.9 Å². The van der Waals surface area contributed by atoms with E-state index in [1.807, 2.05) is 30.3 Å². The highest BCUT2D eigenvalue weighted by Crippen LogP contribution is 2.27. The molecule has 0 aliphatic heterocycles. The molecule has 1 aromatic rings. The van der Waals surface area contributed by atoms with Gasteiger partial charge in [0.15, 0.2) is 5.96 Å². The number of carbonyl (C=O) groups excluding carboxylic acids is 1. The number of benzene rings is 1. The Labute approximate surface area is 126 Å². The Balaban J connectivity index is 1.88. The van der Waals surface area contributed by atoms with Crippen LogP contribution < -0.4 is 10.6 Å². The van der Waals surface area contributed by atoms with Crippen LogP contribution in [-0.4, -0.2) is 44.0 Å². The van der Waals surface area contributed by atoms with Gasteiger partial charge in [0.2, 0.25) is 5.91 Å². The minimum atomic E-state index is 0.0376. The molecule has 0 spiro atoms. The number of hydrogen-bond donors (Lipinski definition) is 2. The van der Waals surface area contributed by atoms with Crippen molar-refractivity contribution in [3.63, 3.8) is 0 Å². The van der Waals surface area contributed by atoms with Crippen molar-refractivity contribution in [1.29, 1.82) is 0 Å². The topological polar surface area (TPSA) is 56.7 Å². The Morgan fingerprint density at radius 2 is 1.95 bits per heavy atom. The van der Waals surface area contributed by atoms with Crippen LogP contribution in [0.1, 0.15) is 18.4 Å². The SMILES string of the molecule is CN(C)C(=O)CNC(=NCc1ccccc1)NCC1CC1. The fourth-order valence-corrected chi connectivity index (χ4v) is 1.81. The first kappa shape index (κ1) is 15.4.